The van der Waals surface area contributed by atoms with Gasteiger partial charge in [-0.3, -0.25) is 14.2 Å². The molecule has 3 aromatic rings. The molecule has 0 bridgehead atoms. The Morgan fingerprint density at radius 2 is 2.00 bits per heavy atom. The smallest absolute Gasteiger partial charge is 0.260 e. The van der Waals surface area contributed by atoms with E-state index in [1.807, 2.05) is 24.3 Å². The molecule has 1 aliphatic rings. The summed E-state index contributed by atoms with van der Waals surface area (Å²) < 4.78 is 2.98. The highest BCUT2D eigenvalue weighted by Gasteiger charge is 2.32. The third-order valence-corrected chi connectivity index (χ3v) is 4.62. The molecule has 7 heteroatoms. The quantitative estimate of drug-likeness (QED) is 0.774. The van der Waals surface area contributed by atoms with E-state index in [-0.39, 0.29) is 23.8 Å². The van der Waals surface area contributed by atoms with Gasteiger partial charge in [0.1, 0.15) is 12.1 Å². The fraction of sp³-hybridized carbons (Fsp3) is 0.294. The number of carbonyl (C=O) groups excluding carboxylic acids is 1. The number of aromatic nitrogens is 4. The summed E-state index contributed by atoms with van der Waals surface area (Å²) in [5, 5.41) is 6.94. The Kier molecular flexibility index (Phi) is 3.23. The maximum absolute atomic E-state index is 12.9. The Hall–Kier alpha value is -2.96. The van der Waals surface area contributed by atoms with Crippen molar-refractivity contribution in [2.45, 2.75) is 25.7 Å². The highest BCUT2D eigenvalue weighted by Crippen LogP contribution is 2.34. The van der Waals surface area contributed by atoms with E-state index in [4.69, 9.17) is 0 Å². The zero-order chi connectivity index (χ0) is 16.8. The molecular formula is C17H17N5O2. The molecule has 0 spiro atoms. The van der Waals surface area contributed by atoms with Gasteiger partial charge in [0.15, 0.2) is 0 Å². The SMILES string of the molecule is CCc1ccc([C@@H]2CC(=O)Nc3c2c(=O)n(C)c2ncnn32)cc1. The summed E-state index contributed by atoms with van der Waals surface area (Å²) in [6.45, 7) is 2.09. The molecular weight excluding hydrogens is 306 g/mol. The zero-order valence-electron chi connectivity index (χ0n) is 13.5. The van der Waals surface area contributed by atoms with Crippen LogP contribution in [0.2, 0.25) is 0 Å². The Labute approximate surface area is 138 Å². The summed E-state index contributed by atoms with van der Waals surface area (Å²) in [6, 6.07) is 8.08. The molecule has 1 amide bonds. The van der Waals surface area contributed by atoms with Crippen molar-refractivity contribution < 1.29 is 4.79 Å². The van der Waals surface area contributed by atoms with Gasteiger partial charge in [0.05, 0.1) is 5.56 Å². The van der Waals surface area contributed by atoms with Crippen LogP contribution in [0, 0.1) is 0 Å². The number of benzene rings is 1. The molecule has 0 saturated carbocycles. The van der Waals surface area contributed by atoms with Crippen molar-refractivity contribution in [1.29, 1.82) is 0 Å². The van der Waals surface area contributed by atoms with Crippen LogP contribution >= 0.6 is 0 Å². The molecule has 1 aliphatic heterocycles. The van der Waals surface area contributed by atoms with Crippen LogP contribution in [0.25, 0.3) is 5.78 Å². The monoisotopic (exact) mass is 323 g/mol. The van der Waals surface area contributed by atoms with Crippen LogP contribution in [0.5, 0.6) is 0 Å². The summed E-state index contributed by atoms with van der Waals surface area (Å²) in [5.41, 5.74) is 2.58. The lowest BCUT2D eigenvalue weighted by Crippen LogP contribution is -2.35. The van der Waals surface area contributed by atoms with E-state index in [2.05, 4.69) is 22.3 Å². The van der Waals surface area contributed by atoms with Crippen LogP contribution in [-0.4, -0.2) is 25.1 Å². The number of aryl methyl sites for hydroxylation is 2. The maximum atomic E-state index is 12.9. The molecule has 1 aromatic carbocycles. The Balaban J connectivity index is 1.97. The van der Waals surface area contributed by atoms with E-state index in [9.17, 15) is 9.59 Å². The van der Waals surface area contributed by atoms with Crippen molar-refractivity contribution >= 4 is 17.5 Å². The van der Waals surface area contributed by atoms with Gasteiger partial charge in [-0.05, 0) is 17.5 Å². The van der Waals surface area contributed by atoms with Gasteiger partial charge in [-0.25, -0.2) is 0 Å². The minimum atomic E-state index is -0.285. The number of nitrogens with zero attached hydrogens (tertiary/aromatic N) is 4. The first-order valence-electron chi connectivity index (χ1n) is 7.91. The van der Waals surface area contributed by atoms with Crippen molar-refractivity contribution in [2.24, 2.45) is 7.05 Å². The highest BCUT2D eigenvalue weighted by atomic mass is 16.2. The molecule has 1 atom stereocenters. The lowest BCUT2D eigenvalue weighted by atomic mass is 9.86. The van der Waals surface area contributed by atoms with Crippen LogP contribution in [-0.2, 0) is 18.3 Å². The van der Waals surface area contributed by atoms with Crippen LogP contribution in [0.15, 0.2) is 35.4 Å². The van der Waals surface area contributed by atoms with Crippen molar-refractivity contribution in [2.75, 3.05) is 5.32 Å². The molecule has 0 aliphatic carbocycles. The van der Waals surface area contributed by atoms with E-state index in [0.29, 0.717) is 17.2 Å². The molecule has 7 nitrogen and oxygen atoms in total. The predicted molar refractivity (Wildman–Crippen MR) is 89.1 cm³/mol. The normalized spacial score (nSPS) is 16.9. The summed E-state index contributed by atoms with van der Waals surface area (Å²) in [7, 11) is 1.67. The average molecular weight is 323 g/mol. The van der Waals surface area contributed by atoms with E-state index in [1.54, 1.807) is 7.05 Å². The first-order valence-corrected chi connectivity index (χ1v) is 7.91. The van der Waals surface area contributed by atoms with Gasteiger partial charge in [-0.15, -0.1) is 0 Å². The van der Waals surface area contributed by atoms with Gasteiger partial charge in [-0.2, -0.15) is 14.6 Å². The number of rotatable bonds is 2. The fourth-order valence-electron chi connectivity index (χ4n) is 3.28. The number of hydrogen-bond acceptors (Lipinski definition) is 4. The largest absolute Gasteiger partial charge is 0.310 e. The molecule has 0 fully saturated rings. The molecule has 0 radical (unpaired) electrons. The second kappa shape index (κ2) is 5.30. The van der Waals surface area contributed by atoms with Gasteiger partial charge in [0.25, 0.3) is 5.56 Å². The molecule has 2 aromatic heterocycles. The minimum absolute atomic E-state index is 0.128. The number of anilines is 1. The summed E-state index contributed by atoms with van der Waals surface area (Å²) in [4.78, 5) is 29.2. The summed E-state index contributed by atoms with van der Waals surface area (Å²) in [6.07, 6.45) is 2.57. The Morgan fingerprint density at radius 1 is 1.25 bits per heavy atom. The van der Waals surface area contributed by atoms with Crippen molar-refractivity contribution in [3.8, 4) is 0 Å². The first-order chi connectivity index (χ1) is 11.6. The zero-order valence-corrected chi connectivity index (χ0v) is 13.5. The van der Waals surface area contributed by atoms with Gasteiger partial charge >= 0.3 is 0 Å². The van der Waals surface area contributed by atoms with E-state index in [1.165, 1.54) is 21.0 Å². The van der Waals surface area contributed by atoms with Crippen LogP contribution in [0.3, 0.4) is 0 Å². The van der Waals surface area contributed by atoms with Gasteiger partial charge in [0.2, 0.25) is 11.7 Å². The molecule has 3 heterocycles. The molecule has 0 saturated heterocycles. The minimum Gasteiger partial charge on any atom is -0.310 e. The molecule has 122 valence electrons. The molecule has 24 heavy (non-hydrogen) atoms. The Morgan fingerprint density at radius 3 is 2.71 bits per heavy atom. The van der Waals surface area contributed by atoms with Crippen molar-refractivity contribution in [3.63, 3.8) is 0 Å². The number of nitrogens with one attached hydrogen (secondary N) is 1. The van der Waals surface area contributed by atoms with Gasteiger partial charge in [-0.1, -0.05) is 31.2 Å². The highest BCUT2D eigenvalue weighted by molar-refractivity contribution is 5.94. The van der Waals surface area contributed by atoms with E-state index in [0.717, 1.165) is 12.0 Å². The van der Waals surface area contributed by atoms with Crippen LogP contribution < -0.4 is 10.9 Å². The van der Waals surface area contributed by atoms with Crippen LogP contribution in [0.4, 0.5) is 5.82 Å². The number of hydrogen-bond donors (Lipinski definition) is 1. The third-order valence-electron chi connectivity index (χ3n) is 4.62. The molecule has 4 rings (SSSR count). The average Bonchev–Trinajstić information content (AvgIpc) is 3.09. The summed E-state index contributed by atoms with van der Waals surface area (Å²) in [5.74, 6) is 0.413. The topological polar surface area (TPSA) is 81.3 Å². The lowest BCUT2D eigenvalue weighted by molar-refractivity contribution is -0.116. The van der Waals surface area contributed by atoms with Crippen molar-refractivity contribution in [3.05, 3.63) is 57.6 Å². The maximum Gasteiger partial charge on any atom is 0.260 e. The summed E-state index contributed by atoms with van der Waals surface area (Å²) >= 11 is 0. The third kappa shape index (κ3) is 2.05. The molecule has 1 N–H and O–H groups in total. The second-order valence-electron chi connectivity index (χ2n) is 6.00. The predicted octanol–water partition coefficient (Wildman–Crippen LogP) is 1.46. The van der Waals surface area contributed by atoms with Gasteiger partial charge < -0.3 is 5.32 Å². The van der Waals surface area contributed by atoms with Gasteiger partial charge in [0, 0.05) is 19.4 Å². The van der Waals surface area contributed by atoms with Crippen LogP contribution in [0.1, 0.15) is 36.0 Å². The Bertz CT molecular complexity index is 1000. The van der Waals surface area contributed by atoms with E-state index >= 15 is 0 Å². The molecule has 0 unspecified atom stereocenters. The number of carbonyl (C=O) groups is 1. The number of amides is 1. The lowest BCUT2D eigenvalue weighted by Gasteiger charge is -2.26. The standard InChI is InChI=1S/C17H17N5O2/c1-3-10-4-6-11(7-5-10)12-8-13(23)20-15-14(12)16(24)21(2)17-18-9-19-22(15)17/h4-7,9,12H,3,8H2,1-2H3,(H,20,23)/t12-/m0/s1. The van der Waals surface area contributed by atoms with E-state index < -0.39 is 0 Å². The second-order valence-corrected chi connectivity index (χ2v) is 6.00. The van der Waals surface area contributed by atoms with Crippen molar-refractivity contribution in [1.82, 2.24) is 19.2 Å². The fourth-order valence-corrected chi connectivity index (χ4v) is 3.28. The first kappa shape index (κ1) is 14.6. The number of fused-ring (bicyclic) bond motifs is 3.